The molecule has 0 aromatic heterocycles. The number of carbonyl (C=O) groups is 1. The van der Waals surface area contributed by atoms with Gasteiger partial charge in [-0.15, -0.1) is 0 Å². The first kappa shape index (κ1) is 15.8. The van der Waals surface area contributed by atoms with E-state index in [4.69, 9.17) is 4.55 Å². The van der Waals surface area contributed by atoms with Crippen molar-refractivity contribution in [3.05, 3.63) is 0 Å². The second-order valence-corrected chi connectivity index (χ2v) is 3.72. The van der Waals surface area contributed by atoms with Crippen LogP contribution in [-0.2, 0) is 19.6 Å². The Morgan fingerprint density at radius 1 is 1.46 bits per heavy atom. The summed E-state index contributed by atoms with van der Waals surface area (Å²) in [5.41, 5.74) is 0. The van der Waals surface area contributed by atoms with Gasteiger partial charge in [-0.3, -0.25) is 9.35 Å². The molecule has 0 saturated carbocycles. The maximum absolute atomic E-state index is 10.7. The fourth-order valence-corrected chi connectivity index (χ4v) is 0.814. The van der Waals surface area contributed by atoms with Crippen LogP contribution in [0.25, 0.3) is 0 Å². The largest absolute Gasteiger partial charge is 0.447 e. The van der Waals surface area contributed by atoms with Gasteiger partial charge in [-0.05, 0) is 6.42 Å². The minimum Gasteiger partial charge on any atom is -0.447 e. The molecule has 1 N–H and O–H groups in total. The Kier molecular flexibility index (Phi) is 9.44. The molecule has 7 heteroatoms. The predicted octanol–water partition coefficient (Wildman–Crippen LogP) is 0.184. The average molecular weight is 219 g/mol. The molecule has 13 heavy (non-hydrogen) atoms. The van der Waals surface area contributed by atoms with Crippen molar-refractivity contribution in [2.45, 2.75) is 26.2 Å². The van der Waals surface area contributed by atoms with Crippen molar-refractivity contribution in [3.63, 3.8) is 0 Å². The minimum absolute atomic E-state index is 0. The molecule has 0 amide bonds. The van der Waals surface area contributed by atoms with Gasteiger partial charge in [0.25, 0.3) is 0 Å². The molecule has 0 saturated heterocycles. The molecule has 0 unspecified atom stereocenters. The van der Waals surface area contributed by atoms with Crippen LogP contribution in [0.15, 0.2) is 0 Å². The molecule has 0 rings (SSSR count). The molecule has 0 aliphatic rings. The van der Waals surface area contributed by atoms with Crippen molar-refractivity contribution < 1.29 is 22.5 Å². The first-order chi connectivity index (χ1) is 5.45. The van der Waals surface area contributed by atoms with Crippen LogP contribution in [0, 0.1) is 0 Å². The second kappa shape index (κ2) is 7.75. The topological polar surface area (TPSA) is 80.7 Å². The summed E-state index contributed by atoms with van der Waals surface area (Å²) >= 11 is 0. The number of hydrogen-bond acceptors (Lipinski definition) is 4. The smallest absolute Gasteiger partial charge is 0.306 e. The molecule has 0 spiro atoms. The van der Waals surface area contributed by atoms with Crippen LogP contribution in [0.2, 0.25) is 0 Å². The van der Waals surface area contributed by atoms with E-state index in [-0.39, 0.29) is 36.0 Å². The van der Waals surface area contributed by atoms with E-state index in [1.54, 1.807) is 0 Å². The van der Waals surface area contributed by atoms with Gasteiger partial charge in [0.15, 0.2) is 0 Å². The third-order valence-corrected chi connectivity index (χ3v) is 1.52. The summed E-state index contributed by atoms with van der Waals surface area (Å²) in [4.78, 5) is 10.7. The Morgan fingerprint density at radius 2 is 2.00 bits per heavy atom. The van der Waals surface area contributed by atoms with Crippen LogP contribution in [0.1, 0.15) is 26.2 Å². The van der Waals surface area contributed by atoms with E-state index in [9.17, 15) is 13.2 Å². The Hall–Kier alpha value is 0.380. The van der Waals surface area contributed by atoms with Gasteiger partial charge >= 0.3 is 16.1 Å². The maximum atomic E-state index is 10.7. The second-order valence-electron chi connectivity index (χ2n) is 2.32. The zero-order valence-corrected chi connectivity index (χ0v) is 10.6. The Labute approximate surface area is 99.9 Å². The first-order valence-corrected chi connectivity index (χ1v) is 5.17. The van der Waals surface area contributed by atoms with E-state index >= 15 is 0 Å². The maximum Gasteiger partial charge on any atom is 0.306 e. The molecule has 0 heterocycles. The molecule has 0 aliphatic heterocycles. The number of unbranched alkanes of at least 4 members (excludes halogenated alkanes) is 1. The van der Waals surface area contributed by atoms with Crippen LogP contribution in [-0.4, -0.2) is 54.4 Å². The zero-order valence-electron chi connectivity index (χ0n) is 7.82. The summed E-state index contributed by atoms with van der Waals surface area (Å²) in [5.74, 6) is -1.55. The SMILES string of the molecule is CCCCC(=O)OCS(=O)(=O)O.[Na]. The van der Waals surface area contributed by atoms with Crippen LogP contribution >= 0.6 is 0 Å². The van der Waals surface area contributed by atoms with Gasteiger partial charge in [0, 0.05) is 36.0 Å². The molecule has 0 bridgehead atoms. The molecule has 0 aliphatic carbocycles. The van der Waals surface area contributed by atoms with Gasteiger partial charge in [0.05, 0.1) is 0 Å². The van der Waals surface area contributed by atoms with Crippen molar-refractivity contribution >= 4 is 45.6 Å². The van der Waals surface area contributed by atoms with E-state index in [1.165, 1.54) is 0 Å². The summed E-state index contributed by atoms with van der Waals surface area (Å²) < 4.78 is 32.6. The molecule has 0 atom stereocenters. The Morgan fingerprint density at radius 3 is 2.38 bits per heavy atom. The molecule has 0 aromatic carbocycles. The Bertz CT molecular complexity index is 235. The van der Waals surface area contributed by atoms with E-state index in [0.717, 1.165) is 6.42 Å². The van der Waals surface area contributed by atoms with Crippen molar-refractivity contribution in [1.82, 2.24) is 0 Å². The van der Waals surface area contributed by atoms with Gasteiger partial charge in [-0.1, -0.05) is 13.3 Å². The van der Waals surface area contributed by atoms with Crippen molar-refractivity contribution in [3.8, 4) is 0 Å². The van der Waals surface area contributed by atoms with Crippen LogP contribution < -0.4 is 0 Å². The summed E-state index contributed by atoms with van der Waals surface area (Å²) in [6.45, 7) is 1.90. The number of carbonyl (C=O) groups excluding carboxylic acids is 1. The average Bonchev–Trinajstić information content (AvgIpc) is 1.95. The van der Waals surface area contributed by atoms with Crippen molar-refractivity contribution in [2.75, 3.05) is 5.94 Å². The van der Waals surface area contributed by atoms with E-state index in [2.05, 4.69) is 4.74 Å². The van der Waals surface area contributed by atoms with Gasteiger partial charge in [-0.25, -0.2) is 0 Å². The van der Waals surface area contributed by atoms with Crippen LogP contribution in [0.5, 0.6) is 0 Å². The number of hydrogen-bond donors (Lipinski definition) is 1. The zero-order chi connectivity index (χ0) is 9.61. The minimum atomic E-state index is -4.19. The number of ether oxygens (including phenoxy) is 1. The van der Waals surface area contributed by atoms with Gasteiger partial charge < -0.3 is 4.74 Å². The molecule has 0 aromatic rings. The number of rotatable bonds is 5. The number of esters is 1. The third-order valence-electron chi connectivity index (χ3n) is 1.10. The molecule has 5 nitrogen and oxygen atoms in total. The fraction of sp³-hybridized carbons (Fsp3) is 0.833. The predicted molar refractivity (Wildman–Crippen MR) is 47.8 cm³/mol. The van der Waals surface area contributed by atoms with E-state index < -0.39 is 22.0 Å². The third kappa shape index (κ3) is 12.4. The standard InChI is InChI=1S/C6H12O5S.Na/c1-2-3-4-6(7)11-5-12(8,9)10;/h2-5H2,1H3,(H,8,9,10);. The van der Waals surface area contributed by atoms with Gasteiger partial charge in [-0.2, -0.15) is 8.42 Å². The Balaban J connectivity index is 0. The molecular formula is C6H12NaO5S. The summed E-state index contributed by atoms with van der Waals surface area (Å²) in [6, 6.07) is 0. The molecule has 73 valence electrons. The molecule has 0 fully saturated rings. The first-order valence-electron chi connectivity index (χ1n) is 3.56. The van der Waals surface area contributed by atoms with Gasteiger partial charge in [0.2, 0.25) is 5.94 Å². The summed E-state index contributed by atoms with van der Waals surface area (Å²) in [6.07, 6.45) is 1.68. The summed E-state index contributed by atoms with van der Waals surface area (Å²) in [7, 11) is -4.19. The van der Waals surface area contributed by atoms with Crippen molar-refractivity contribution in [2.24, 2.45) is 0 Å². The van der Waals surface area contributed by atoms with Gasteiger partial charge in [0.1, 0.15) is 0 Å². The van der Waals surface area contributed by atoms with Crippen molar-refractivity contribution in [1.29, 1.82) is 0 Å². The normalized spacial score (nSPS) is 10.3. The summed E-state index contributed by atoms with van der Waals surface area (Å²) in [5, 5.41) is 0. The van der Waals surface area contributed by atoms with E-state index in [0.29, 0.717) is 6.42 Å². The monoisotopic (exact) mass is 219 g/mol. The quantitative estimate of drug-likeness (QED) is 0.405. The fourth-order valence-electron chi connectivity index (χ4n) is 0.533. The molecule has 1 radical (unpaired) electrons. The van der Waals surface area contributed by atoms with Crippen LogP contribution in [0.3, 0.4) is 0 Å². The van der Waals surface area contributed by atoms with E-state index in [1.807, 2.05) is 6.92 Å². The molecular weight excluding hydrogens is 207 g/mol. The van der Waals surface area contributed by atoms with Crippen LogP contribution in [0.4, 0.5) is 0 Å².